The SMILES string of the molecule is NCCCCC(NC(=O)C(N)CC(N)=O)C(=O)NC(CS)C(=O)NC(CC(=O)O)C(=O)O. The van der Waals surface area contributed by atoms with Crippen molar-refractivity contribution in [2.75, 3.05) is 12.3 Å². The van der Waals surface area contributed by atoms with Gasteiger partial charge >= 0.3 is 11.9 Å². The normalized spacial score (nSPS) is 14.3. The number of nitrogens with two attached hydrogens (primary N) is 3. The molecule has 4 atom stereocenters. The molecule has 0 aromatic rings. The molecule has 4 unspecified atom stereocenters. The Morgan fingerprint density at radius 1 is 0.812 bits per heavy atom. The maximum Gasteiger partial charge on any atom is 0.326 e. The molecule has 11 N–H and O–H groups in total. The molecule has 0 aliphatic carbocycles. The van der Waals surface area contributed by atoms with Gasteiger partial charge in [0.1, 0.15) is 18.1 Å². The number of rotatable bonds is 16. The van der Waals surface area contributed by atoms with E-state index in [4.69, 9.17) is 27.4 Å². The Kier molecular flexibility index (Phi) is 13.6. The van der Waals surface area contributed by atoms with Gasteiger partial charge < -0.3 is 43.4 Å². The number of primary amides is 1. The molecule has 0 aromatic carbocycles. The second-order valence-electron chi connectivity index (χ2n) is 6.86. The van der Waals surface area contributed by atoms with E-state index in [1.165, 1.54) is 0 Å². The Labute approximate surface area is 189 Å². The molecule has 15 heteroatoms. The van der Waals surface area contributed by atoms with Gasteiger partial charge in [0.25, 0.3) is 0 Å². The van der Waals surface area contributed by atoms with Gasteiger partial charge in [-0.05, 0) is 25.8 Å². The van der Waals surface area contributed by atoms with E-state index in [1.54, 1.807) is 0 Å². The van der Waals surface area contributed by atoms with Crippen LogP contribution in [0.4, 0.5) is 0 Å². The van der Waals surface area contributed by atoms with Gasteiger partial charge in [0.15, 0.2) is 0 Å². The molecule has 182 valence electrons. The van der Waals surface area contributed by atoms with E-state index < -0.39 is 72.6 Å². The molecule has 0 saturated carbocycles. The van der Waals surface area contributed by atoms with Crippen molar-refractivity contribution in [3.05, 3.63) is 0 Å². The topological polar surface area (TPSA) is 257 Å². The third-order valence-electron chi connectivity index (χ3n) is 4.15. The van der Waals surface area contributed by atoms with Crippen LogP contribution in [0.15, 0.2) is 0 Å². The van der Waals surface area contributed by atoms with Gasteiger partial charge in [0.2, 0.25) is 23.6 Å². The van der Waals surface area contributed by atoms with Gasteiger partial charge in [-0.2, -0.15) is 12.6 Å². The fourth-order valence-electron chi connectivity index (χ4n) is 2.46. The van der Waals surface area contributed by atoms with Crippen LogP contribution >= 0.6 is 12.6 Å². The fourth-order valence-corrected chi connectivity index (χ4v) is 2.72. The van der Waals surface area contributed by atoms with Crippen molar-refractivity contribution < 1.29 is 39.0 Å². The molecular formula is C17H30N6O8S. The molecule has 0 saturated heterocycles. The molecule has 0 aromatic heterocycles. The fraction of sp³-hybridized carbons (Fsp3) is 0.647. The number of hydrogen-bond acceptors (Lipinski definition) is 9. The highest BCUT2D eigenvalue weighted by Crippen LogP contribution is 2.04. The predicted octanol–water partition coefficient (Wildman–Crippen LogP) is -3.74. The third kappa shape index (κ3) is 11.5. The summed E-state index contributed by atoms with van der Waals surface area (Å²) in [6.07, 6.45) is -0.194. The van der Waals surface area contributed by atoms with E-state index in [0.717, 1.165) is 0 Å². The van der Waals surface area contributed by atoms with Crippen molar-refractivity contribution in [3.8, 4) is 0 Å². The standard InChI is InChI=1S/C17H30N6O8S/c18-4-2-1-3-9(21-14(27)8(19)5-12(20)24)15(28)23-11(7-32)16(29)22-10(17(30)31)6-13(25)26/h8-11,32H,1-7,18-19H2,(H2,20,24)(H,21,27)(H,22,29)(H,23,28)(H,25,26)(H,30,31). The zero-order chi connectivity index (χ0) is 24.8. The molecule has 4 amide bonds. The number of carbonyl (C=O) groups is 6. The van der Waals surface area contributed by atoms with Crippen LogP contribution in [-0.4, -0.2) is 82.2 Å². The summed E-state index contributed by atoms with van der Waals surface area (Å²) >= 11 is 3.95. The lowest BCUT2D eigenvalue weighted by Crippen LogP contribution is -2.58. The molecular weight excluding hydrogens is 448 g/mol. The summed E-state index contributed by atoms with van der Waals surface area (Å²) in [5.74, 6) is -6.64. The highest BCUT2D eigenvalue weighted by atomic mass is 32.1. The third-order valence-corrected chi connectivity index (χ3v) is 4.51. The maximum absolute atomic E-state index is 12.7. The van der Waals surface area contributed by atoms with Crippen molar-refractivity contribution in [3.63, 3.8) is 0 Å². The zero-order valence-electron chi connectivity index (χ0n) is 17.3. The van der Waals surface area contributed by atoms with Crippen molar-refractivity contribution in [2.45, 2.75) is 56.3 Å². The first-order valence-corrected chi connectivity index (χ1v) is 10.3. The summed E-state index contributed by atoms with van der Waals surface area (Å²) in [6.45, 7) is 0.339. The van der Waals surface area contributed by atoms with E-state index in [-0.39, 0.29) is 12.2 Å². The average Bonchev–Trinajstić information content (AvgIpc) is 2.69. The van der Waals surface area contributed by atoms with Crippen molar-refractivity contribution in [1.82, 2.24) is 16.0 Å². The first kappa shape index (κ1) is 29.1. The molecule has 0 fully saturated rings. The first-order chi connectivity index (χ1) is 14.9. The Hall–Kier alpha value is -2.91. The molecule has 0 spiro atoms. The molecule has 32 heavy (non-hydrogen) atoms. The number of thiol groups is 1. The Bertz CT molecular complexity index is 707. The van der Waals surface area contributed by atoms with Crippen molar-refractivity contribution >= 4 is 48.2 Å². The van der Waals surface area contributed by atoms with Crippen molar-refractivity contribution in [2.24, 2.45) is 17.2 Å². The lowest BCUT2D eigenvalue weighted by molar-refractivity contribution is -0.147. The minimum atomic E-state index is -1.72. The lowest BCUT2D eigenvalue weighted by Gasteiger charge is -2.24. The van der Waals surface area contributed by atoms with E-state index in [2.05, 4.69) is 23.3 Å². The van der Waals surface area contributed by atoms with Crippen LogP contribution < -0.4 is 33.2 Å². The first-order valence-electron chi connectivity index (χ1n) is 9.63. The van der Waals surface area contributed by atoms with Crippen molar-refractivity contribution in [1.29, 1.82) is 0 Å². The minimum Gasteiger partial charge on any atom is -0.481 e. The second-order valence-corrected chi connectivity index (χ2v) is 7.23. The van der Waals surface area contributed by atoms with Gasteiger partial charge in [-0.3, -0.25) is 24.0 Å². The molecule has 0 aliphatic heterocycles. The van der Waals surface area contributed by atoms with Crippen LogP contribution in [0, 0.1) is 0 Å². The molecule has 0 bridgehead atoms. The average molecular weight is 479 g/mol. The summed E-state index contributed by atoms with van der Waals surface area (Å²) in [5.41, 5.74) is 16.0. The summed E-state index contributed by atoms with van der Waals surface area (Å²) in [4.78, 5) is 70.0. The van der Waals surface area contributed by atoms with Gasteiger partial charge in [0.05, 0.1) is 18.9 Å². The van der Waals surface area contributed by atoms with Gasteiger partial charge in [-0.25, -0.2) is 4.79 Å². The number of carbonyl (C=O) groups excluding carboxylic acids is 4. The molecule has 0 aliphatic rings. The minimum absolute atomic E-state index is 0.135. The van der Waals surface area contributed by atoms with Crippen LogP contribution in [0.1, 0.15) is 32.1 Å². The number of amides is 4. The smallest absolute Gasteiger partial charge is 0.326 e. The molecule has 0 heterocycles. The van der Waals surface area contributed by atoms with Gasteiger partial charge in [-0.15, -0.1) is 0 Å². The number of hydrogen-bond donors (Lipinski definition) is 9. The van der Waals surface area contributed by atoms with Crippen LogP contribution in [-0.2, 0) is 28.8 Å². The number of nitrogens with one attached hydrogen (secondary N) is 3. The predicted molar refractivity (Wildman–Crippen MR) is 114 cm³/mol. The molecule has 0 rings (SSSR count). The van der Waals surface area contributed by atoms with Crippen LogP contribution in [0.5, 0.6) is 0 Å². The second kappa shape index (κ2) is 15.0. The molecule has 0 radical (unpaired) electrons. The van der Waals surface area contributed by atoms with Crippen LogP contribution in [0.25, 0.3) is 0 Å². The van der Waals surface area contributed by atoms with E-state index >= 15 is 0 Å². The Morgan fingerprint density at radius 3 is 1.81 bits per heavy atom. The van der Waals surface area contributed by atoms with E-state index in [9.17, 15) is 28.8 Å². The highest BCUT2D eigenvalue weighted by molar-refractivity contribution is 7.80. The number of carboxylic acids is 2. The summed E-state index contributed by atoms with van der Waals surface area (Å²) in [7, 11) is 0. The zero-order valence-corrected chi connectivity index (χ0v) is 18.2. The summed E-state index contributed by atoms with van der Waals surface area (Å²) in [5, 5.41) is 24.5. The number of carboxylic acid groups (broad SMARTS) is 2. The Balaban J connectivity index is 5.27. The molecule has 14 nitrogen and oxygen atoms in total. The monoisotopic (exact) mass is 478 g/mol. The van der Waals surface area contributed by atoms with Crippen LogP contribution in [0.3, 0.4) is 0 Å². The van der Waals surface area contributed by atoms with Crippen LogP contribution in [0.2, 0.25) is 0 Å². The van der Waals surface area contributed by atoms with E-state index in [1.807, 2.05) is 5.32 Å². The van der Waals surface area contributed by atoms with Gasteiger partial charge in [-0.1, -0.05) is 0 Å². The highest BCUT2D eigenvalue weighted by Gasteiger charge is 2.30. The maximum atomic E-state index is 12.7. The number of unbranched alkanes of at least 4 members (excludes halogenated alkanes) is 1. The quantitative estimate of drug-likeness (QED) is 0.0773. The Morgan fingerprint density at radius 2 is 1.34 bits per heavy atom. The summed E-state index contributed by atoms with van der Waals surface area (Å²) < 4.78 is 0. The largest absolute Gasteiger partial charge is 0.481 e. The van der Waals surface area contributed by atoms with Gasteiger partial charge in [0, 0.05) is 5.75 Å². The summed E-state index contributed by atoms with van der Waals surface area (Å²) in [6, 6.07) is -5.47. The van der Waals surface area contributed by atoms with E-state index in [0.29, 0.717) is 19.4 Å². The lowest BCUT2D eigenvalue weighted by atomic mass is 10.1. The number of aliphatic carboxylic acids is 2.